The summed E-state index contributed by atoms with van der Waals surface area (Å²) in [5, 5.41) is 72.9. The lowest BCUT2D eigenvalue weighted by molar-refractivity contribution is -0.366. The minimum Gasteiger partial charge on any atom is -0.456 e. The molecule has 0 aromatic heterocycles. The van der Waals surface area contributed by atoms with Crippen LogP contribution >= 0.6 is 0 Å². The van der Waals surface area contributed by atoms with E-state index in [0.29, 0.717) is 5.56 Å². The molecule has 2 bridgehead atoms. The SMILES string of the molecule is CC(=O)O[C@@]12COC1CC(O[C@@H]1OC[C@@H](O)[C@H](O)[C@H]1O)C1(C)C(=O)C(O)C3=C(C)[C@@H](OC(=O)[C@H](O)[C@@H](NC(=O)c4ccccc4)c4ccccc4)CC(O)(C(OC(=O)c4ccccc4)C12)C3(C)C. The van der Waals surface area contributed by atoms with E-state index in [-0.39, 0.29) is 35.3 Å². The number of nitrogens with one attached hydrogen (secondary N) is 1. The van der Waals surface area contributed by atoms with Crippen molar-refractivity contribution in [2.45, 2.75) is 126 Å². The van der Waals surface area contributed by atoms with Gasteiger partial charge in [0, 0.05) is 30.7 Å². The van der Waals surface area contributed by atoms with Crippen LogP contribution in [-0.4, -0.2) is 146 Å². The summed E-state index contributed by atoms with van der Waals surface area (Å²) in [6, 6.07) is 22.7. The summed E-state index contributed by atoms with van der Waals surface area (Å²) in [4.78, 5) is 71.3. The first-order valence-corrected chi connectivity index (χ1v) is 22.5. The molecule has 1 amide bonds. The summed E-state index contributed by atoms with van der Waals surface area (Å²) in [7, 11) is 0. The average molecular weight is 944 g/mol. The van der Waals surface area contributed by atoms with Gasteiger partial charge in [-0.05, 0) is 54.8 Å². The number of amides is 1. The number of ether oxygens (including phenoxy) is 6. The quantitative estimate of drug-likeness (QED) is 0.0818. The van der Waals surface area contributed by atoms with Crippen LogP contribution in [0.15, 0.2) is 102 Å². The van der Waals surface area contributed by atoms with Crippen LogP contribution in [-0.2, 0) is 42.8 Å². The smallest absolute Gasteiger partial charge is 0.338 e. The summed E-state index contributed by atoms with van der Waals surface area (Å²) < 4.78 is 36.8. The van der Waals surface area contributed by atoms with Gasteiger partial charge in [-0.3, -0.25) is 14.4 Å². The lowest BCUT2D eigenvalue weighted by atomic mass is 9.44. The van der Waals surface area contributed by atoms with Gasteiger partial charge < -0.3 is 64.4 Å². The van der Waals surface area contributed by atoms with Crippen LogP contribution in [0.3, 0.4) is 0 Å². The molecule has 364 valence electrons. The van der Waals surface area contributed by atoms with Gasteiger partial charge in [0.15, 0.2) is 23.8 Å². The van der Waals surface area contributed by atoms with Gasteiger partial charge in [-0.1, -0.05) is 80.6 Å². The molecule has 15 atom stereocenters. The molecule has 18 heteroatoms. The van der Waals surface area contributed by atoms with Gasteiger partial charge in [0.05, 0.1) is 42.3 Å². The Morgan fingerprint density at radius 3 is 2.01 bits per heavy atom. The molecule has 5 aliphatic rings. The predicted molar refractivity (Wildman–Crippen MR) is 235 cm³/mol. The van der Waals surface area contributed by atoms with Crippen molar-refractivity contribution in [2.75, 3.05) is 13.2 Å². The summed E-state index contributed by atoms with van der Waals surface area (Å²) in [5.41, 5.74) is -7.60. The third-order valence-electron chi connectivity index (χ3n) is 14.9. The number of aliphatic hydroxyl groups is 6. The van der Waals surface area contributed by atoms with Crippen molar-refractivity contribution in [3.8, 4) is 0 Å². The molecule has 2 heterocycles. The first-order chi connectivity index (χ1) is 32.2. The highest BCUT2D eigenvalue weighted by atomic mass is 16.7. The number of benzene rings is 3. The number of hydrogen-bond acceptors (Lipinski definition) is 17. The Balaban J connectivity index is 1.26. The van der Waals surface area contributed by atoms with Crippen molar-refractivity contribution in [1.82, 2.24) is 5.32 Å². The van der Waals surface area contributed by atoms with Crippen molar-refractivity contribution in [3.05, 3.63) is 119 Å². The first kappa shape index (κ1) is 49.0. The topological polar surface area (TPSA) is 274 Å². The van der Waals surface area contributed by atoms with Crippen LogP contribution in [0.4, 0.5) is 0 Å². The molecule has 7 N–H and O–H groups in total. The van der Waals surface area contributed by atoms with Crippen molar-refractivity contribution in [1.29, 1.82) is 0 Å². The molecule has 2 saturated carbocycles. The Labute approximate surface area is 391 Å². The number of hydrogen-bond donors (Lipinski definition) is 7. The van der Waals surface area contributed by atoms with Gasteiger partial charge >= 0.3 is 17.9 Å². The monoisotopic (exact) mass is 943 g/mol. The molecule has 0 spiro atoms. The predicted octanol–water partition coefficient (Wildman–Crippen LogP) is 1.63. The highest BCUT2D eigenvalue weighted by Gasteiger charge is 2.78. The minimum absolute atomic E-state index is 0.0280. The van der Waals surface area contributed by atoms with E-state index in [2.05, 4.69) is 5.32 Å². The molecule has 3 aromatic carbocycles. The third kappa shape index (κ3) is 8.14. The van der Waals surface area contributed by atoms with E-state index in [1.54, 1.807) is 78.9 Å². The Morgan fingerprint density at radius 2 is 1.43 bits per heavy atom. The average Bonchev–Trinajstić information content (AvgIpc) is 3.31. The van der Waals surface area contributed by atoms with E-state index < -0.39 is 138 Å². The van der Waals surface area contributed by atoms with E-state index in [0.717, 1.165) is 6.92 Å². The van der Waals surface area contributed by atoms with Crippen LogP contribution in [0.5, 0.6) is 0 Å². The van der Waals surface area contributed by atoms with Gasteiger partial charge in [-0.25, -0.2) is 9.59 Å². The summed E-state index contributed by atoms with van der Waals surface area (Å²) in [5.74, 6) is -6.29. The van der Waals surface area contributed by atoms with E-state index in [4.69, 9.17) is 28.4 Å². The molecular formula is C50H57NO17. The molecular weight excluding hydrogens is 887 g/mol. The first-order valence-electron chi connectivity index (χ1n) is 22.5. The van der Waals surface area contributed by atoms with Crippen molar-refractivity contribution >= 4 is 29.6 Å². The second kappa shape index (κ2) is 18.5. The Kier molecular flexibility index (Phi) is 13.3. The van der Waals surface area contributed by atoms with Crippen LogP contribution < -0.4 is 5.32 Å². The second-order valence-electron chi connectivity index (χ2n) is 19.1. The van der Waals surface area contributed by atoms with Crippen molar-refractivity contribution < 1.29 is 83.0 Å². The number of ketones is 1. The van der Waals surface area contributed by atoms with Crippen LogP contribution in [0.1, 0.15) is 79.8 Å². The number of aliphatic hydroxyl groups excluding tert-OH is 5. The van der Waals surface area contributed by atoms with Crippen LogP contribution in [0.2, 0.25) is 0 Å². The molecule has 68 heavy (non-hydrogen) atoms. The standard InChI is InChI=1S/C50H57NO17/c1-25-31(65-45(61)38(56)35(27-15-9-6-10-16-27)51-43(59)28-17-11-7-12-18-28)22-50(62)42(67-44(60)29-19-13-8-14-20-29)40-48(5,41(58)37(55)34(25)47(50,3)4)32(21-33-49(40,24-64-33)68-26(2)52)66-46-39(57)36(54)30(53)23-63-46/h6-20,30-33,35-40,42,46,53-57,62H,21-24H2,1-5H3,(H,51,59)/t30-,31+,32?,33?,35+,36+,37?,38-,39-,40?,42?,46+,48?,49+,50?/m1/s1. The maximum Gasteiger partial charge on any atom is 0.338 e. The summed E-state index contributed by atoms with van der Waals surface area (Å²) in [6.45, 7) is 6.21. The molecule has 0 radical (unpaired) electrons. The third-order valence-corrected chi connectivity index (χ3v) is 14.9. The van der Waals surface area contributed by atoms with Gasteiger partial charge in [-0.15, -0.1) is 0 Å². The zero-order valence-corrected chi connectivity index (χ0v) is 38.1. The fourth-order valence-corrected chi connectivity index (χ4v) is 11.2. The van der Waals surface area contributed by atoms with Crippen molar-refractivity contribution in [2.24, 2.45) is 16.7 Å². The molecule has 3 aromatic rings. The van der Waals surface area contributed by atoms with Gasteiger partial charge in [-0.2, -0.15) is 0 Å². The molecule has 4 fully saturated rings. The fourth-order valence-electron chi connectivity index (χ4n) is 11.2. The molecule has 2 saturated heterocycles. The lowest BCUT2D eigenvalue weighted by Gasteiger charge is -2.68. The largest absolute Gasteiger partial charge is 0.456 e. The molecule has 7 unspecified atom stereocenters. The molecule has 2 aliphatic heterocycles. The number of esters is 3. The fraction of sp³-hybridized carbons (Fsp3) is 0.500. The van der Waals surface area contributed by atoms with Gasteiger partial charge in [0.1, 0.15) is 48.3 Å². The lowest BCUT2D eigenvalue weighted by Crippen LogP contribution is -2.82. The Hall–Kier alpha value is -5.41. The van der Waals surface area contributed by atoms with Gasteiger partial charge in [0.25, 0.3) is 5.91 Å². The minimum atomic E-state index is -2.47. The highest BCUT2D eigenvalue weighted by Crippen LogP contribution is 2.65. The number of rotatable bonds is 11. The van der Waals surface area contributed by atoms with Crippen LogP contribution in [0.25, 0.3) is 0 Å². The second-order valence-corrected chi connectivity index (χ2v) is 19.1. The molecule has 18 nitrogen and oxygen atoms in total. The number of carbonyl (C=O) groups is 5. The summed E-state index contributed by atoms with van der Waals surface area (Å²) >= 11 is 0. The Bertz CT molecular complexity index is 2430. The maximum atomic E-state index is 15.7. The number of Topliss-reactive ketones (excluding diaryl/α,β-unsaturated/α-hetero) is 1. The van der Waals surface area contributed by atoms with Gasteiger partial charge in [0.2, 0.25) is 0 Å². The van der Waals surface area contributed by atoms with Crippen LogP contribution in [0, 0.1) is 16.7 Å². The zero-order valence-electron chi connectivity index (χ0n) is 38.1. The number of fused-ring (bicyclic) bond motifs is 5. The number of carbonyl (C=O) groups excluding carboxylic acids is 5. The highest BCUT2D eigenvalue weighted by molar-refractivity contribution is 5.95. The Morgan fingerprint density at radius 1 is 0.824 bits per heavy atom. The van der Waals surface area contributed by atoms with Crippen molar-refractivity contribution in [3.63, 3.8) is 0 Å². The molecule has 3 aliphatic carbocycles. The van der Waals surface area contributed by atoms with E-state index >= 15 is 4.79 Å². The van der Waals surface area contributed by atoms with E-state index in [1.165, 1.54) is 39.8 Å². The maximum absolute atomic E-state index is 15.7. The molecule has 8 rings (SSSR count). The summed E-state index contributed by atoms with van der Waals surface area (Å²) in [6.07, 6.45) is -17.8. The zero-order chi connectivity index (χ0) is 49.1. The van der Waals surface area contributed by atoms with E-state index in [1.807, 2.05) is 0 Å². The normalized spacial score (nSPS) is 36.0. The van der Waals surface area contributed by atoms with E-state index in [9.17, 15) is 49.8 Å².